The molecule has 0 saturated carbocycles. The van der Waals surface area contributed by atoms with Crippen molar-refractivity contribution >= 4 is 11.3 Å². The van der Waals surface area contributed by atoms with E-state index in [1.54, 1.807) is 0 Å². The molecule has 1 heterocycles. The molecule has 0 aliphatic carbocycles. The number of nitrogens with zero attached hydrogens (tertiary/aromatic N) is 1. The van der Waals surface area contributed by atoms with E-state index in [1.165, 1.54) is 15.3 Å². The molecule has 1 rings (SSSR count). The third kappa shape index (κ3) is 4.05. The molecule has 0 spiro atoms. The van der Waals surface area contributed by atoms with Crippen LogP contribution in [-0.4, -0.2) is 37.7 Å². The third-order valence-corrected chi connectivity index (χ3v) is 4.22. The smallest absolute Gasteiger partial charge is 0.0593 e. The summed E-state index contributed by atoms with van der Waals surface area (Å²) >= 11 is 1.86. The molecule has 1 unspecified atom stereocenters. The number of hydrogen-bond acceptors (Lipinski definition) is 4. The van der Waals surface area contributed by atoms with E-state index in [-0.39, 0.29) is 0 Å². The Kier molecular flexibility index (Phi) is 6.86. The SMILES string of the molecule is CCOCCN(CC)C(CN)c1cc(C)sc1C. The lowest BCUT2D eigenvalue weighted by molar-refractivity contribution is 0.0980. The van der Waals surface area contributed by atoms with E-state index in [0.717, 1.165) is 26.3 Å². The van der Waals surface area contributed by atoms with E-state index in [0.29, 0.717) is 12.6 Å². The van der Waals surface area contributed by atoms with Gasteiger partial charge in [-0.1, -0.05) is 6.92 Å². The molecule has 4 heteroatoms. The van der Waals surface area contributed by atoms with Gasteiger partial charge in [0.1, 0.15) is 0 Å². The maximum Gasteiger partial charge on any atom is 0.0593 e. The van der Waals surface area contributed by atoms with Gasteiger partial charge in [-0.2, -0.15) is 0 Å². The molecule has 0 aliphatic rings. The van der Waals surface area contributed by atoms with Crippen LogP contribution in [0.25, 0.3) is 0 Å². The Morgan fingerprint density at radius 1 is 1.39 bits per heavy atom. The van der Waals surface area contributed by atoms with E-state index in [9.17, 15) is 0 Å². The lowest BCUT2D eigenvalue weighted by atomic mass is 10.1. The highest BCUT2D eigenvalue weighted by atomic mass is 32.1. The van der Waals surface area contributed by atoms with Crippen molar-refractivity contribution in [3.8, 4) is 0 Å². The van der Waals surface area contributed by atoms with Crippen LogP contribution < -0.4 is 5.73 Å². The summed E-state index contributed by atoms with van der Waals surface area (Å²) in [5.74, 6) is 0. The normalized spacial score (nSPS) is 13.2. The van der Waals surface area contributed by atoms with Gasteiger partial charge >= 0.3 is 0 Å². The van der Waals surface area contributed by atoms with Crippen LogP contribution in [0.15, 0.2) is 6.07 Å². The fourth-order valence-electron chi connectivity index (χ4n) is 2.31. The Labute approximate surface area is 115 Å². The Morgan fingerprint density at radius 3 is 2.56 bits per heavy atom. The lowest BCUT2D eigenvalue weighted by Gasteiger charge is -2.30. The molecule has 2 N–H and O–H groups in total. The van der Waals surface area contributed by atoms with Gasteiger partial charge in [-0.05, 0) is 38.9 Å². The van der Waals surface area contributed by atoms with Crippen LogP contribution in [0.5, 0.6) is 0 Å². The second kappa shape index (κ2) is 7.89. The summed E-state index contributed by atoms with van der Waals surface area (Å²) in [4.78, 5) is 5.16. The quantitative estimate of drug-likeness (QED) is 0.738. The van der Waals surface area contributed by atoms with Crippen LogP contribution in [-0.2, 0) is 4.74 Å². The van der Waals surface area contributed by atoms with Gasteiger partial charge in [0.05, 0.1) is 6.61 Å². The topological polar surface area (TPSA) is 38.5 Å². The van der Waals surface area contributed by atoms with Gasteiger partial charge in [-0.3, -0.25) is 4.90 Å². The van der Waals surface area contributed by atoms with Crippen molar-refractivity contribution in [2.45, 2.75) is 33.7 Å². The monoisotopic (exact) mass is 270 g/mol. The average Bonchev–Trinajstić information content (AvgIpc) is 2.67. The minimum atomic E-state index is 0.320. The second-order valence-corrected chi connectivity index (χ2v) is 5.91. The molecule has 0 aromatic carbocycles. The summed E-state index contributed by atoms with van der Waals surface area (Å²) in [6, 6.07) is 2.60. The molecular formula is C14H26N2OS. The van der Waals surface area contributed by atoms with Crippen molar-refractivity contribution in [2.24, 2.45) is 5.73 Å². The predicted octanol–water partition coefficient (Wildman–Crippen LogP) is 2.72. The van der Waals surface area contributed by atoms with E-state index in [4.69, 9.17) is 10.5 Å². The first-order valence-corrected chi connectivity index (χ1v) is 7.54. The highest BCUT2D eigenvalue weighted by molar-refractivity contribution is 7.12. The molecule has 3 nitrogen and oxygen atoms in total. The van der Waals surface area contributed by atoms with Crippen LogP contribution >= 0.6 is 11.3 Å². The van der Waals surface area contributed by atoms with Crippen molar-refractivity contribution in [1.82, 2.24) is 4.90 Å². The summed E-state index contributed by atoms with van der Waals surface area (Å²) < 4.78 is 5.45. The van der Waals surface area contributed by atoms with E-state index in [1.807, 2.05) is 18.3 Å². The number of likely N-dealkylation sites (N-methyl/N-ethyl adjacent to an activating group) is 1. The number of ether oxygens (including phenoxy) is 1. The van der Waals surface area contributed by atoms with Crippen LogP contribution in [0.1, 0.15) is 35.2 Å². The Bertz CT molecular complexity index is 352. The van der Waals surface area contributed by atoms with E-state index < -0.39 is 0 Å². The van der Waals surface area contributed by atoms with Gasteiger partial charge < -0.3 is 10.5 Å². The first kappa shape index (κ1) is 15.6. The molecule has 0 aliphatic heterocycles. The summed E-state index contributed by atoms with van der Waals surface area (Å²) in [5.41, 5.74) is 7.37. The molecular weight excluding hydrogens is 244 g/mol. The molecule has 1 aromatic heterocycles. The van der Waals surface area contributed by atoms with Gasteiger partial charge in [-0.25, -0.2) is 0 Å². The number of aryl methyl sites for hydroxylation is 2. The molecule has 1 aromatic rings. The van der Waals surface area contributed by atoms with E-state index >= 15 is 0 Å². The summed E-state index contributed by atoms with van der Waals surface area (Å²) in [6.07, 6.45) is 0. The van der Waals surface area contributed by atoms with Crippen molar-refractivity contribution in [2.75, 3.05) is 32.8 Å². The van der Waals surface area contributed by atoms with Crippen molar-refractivity contribution in [3.05, 3.63) is 21.4 Å². The van der Waals surface area contributed by atoms with Crippen molar-refractivity contribution in [1.29, 1.82) is 0 Å². The molecule has 104 valence electrons. The predicted molar refractivity (Wildman–Crippen MR) is 79.3 cm³/mol. The zero-order chi connectivity index (χ0) is 13.5. The standard InChI is InChI=1S/C14H26N2OS/c1-5-16(7-8-17-6-2)14(10-15)13-9-11(3)18-12(13)4/h9,14H,5-8,10,15H2,1-4H3. The Balaban J connectivity index is 2.76. The number of hydrogen-bond donors (Lipinski definition) is 1. The van der Waals surface area contributed by atoms with Crippen molar-refractivity contribution in [3.63, 3.8) is 0 Å². The van der Waals surface area contributed by atoms with E-state index in [2.05, 4.69) is 31.7 Å². The molecule has 0 fully saturated rings. The van der Waals surface area contributed by atoms with Crippen LogP contribution in [0.4, 0.5) is 0 Å². The summed E-state index contributed by atoms with van der Waals surface area (Å²) in [5, 5.41) is 0. The number of rotatable bonds is 8. The fourth-order valence-corrected chi connectivity index (χ4v) is 3.30. The Morgan fingerprint density at radius 2 is 2.11 bits per heavy atom. The zero-order valence-corrected chi connectivity index (χ0v) is 12.8. The highest BCUT2D eigenvalue weighted by Gasteiger charge is 2.20. The maximum atomic E-state index is 5.99. The number of thiophene rings is 1. The number of nitrogens with two attached hydrogens (primary N) is 1. The highest BCUT2D eigenvalue weighted by Crippen LogP contribution is 2.29. The zero-order valence-electron chi connectivity index (χ0n) is 12.0. The molecule has 1 atom stereocenters. The summed E-state index contributed by atoms with van der Waals surface area (Å²) in [6.45, 7) is 12.7. The van der Waals surface area contributed by atoms with Crippen LogP contribution in [0.2, 0.25) is 0 Å². The first-order valence-electron chi connectivity index (χ1n) is 6.72. The first-order chi connectivity index (χ1) is 8.63. The second-order valence-electron chi connectivity index (χ2n) is 4.45. The Hall–Kier alpha value is -0.420. The van der Waals surface area contributed by atoms with Crippen LogP contribution in [0.3, 0.4) is 0 Å². The van der Waals surface area contributed by atoms with Gasteiger partial charge in [0.2, 0.25) is 0 Å². The minimum Gasteiger partial charge on any atom is -0.380 e. The largest absolute Gasteiger partial charge is 0.380 e. The molecule has 0 bridgehead atoms. The molecule has 0 radical (unpaired) electrons. The van der Waals surface area contributed by atoms with Gasteiger partial charge in [-0.15, -0.1) is 11.3 Å². The van der Waals surface area contributed by atoms with Crippen molar-refractivity contribution < 1.29 is 4.74 Å². The summed E-state index contributed by atoms with van der Waals surface area (Å²) in [7, 11) is 0. The minimum absolute atomic E-state index is 0.320. The molecule has 18 heavy (non-hydrogen) atoms. The average molecular weight is 270 g/mol. The third-order valence-electron chi connectivity index (χ3n) is 3.24. The van der Waals surface area contributed by atoms with Crippen LogP contribution in [0, 0.1) is 13.8 Å². The molecule has 0 amide bonds. The lowest BCUT2D eigenvalue weighted by Crippen LogP contribution is -2.36. The van der Waals surface area contributed by atoms with Gasteiger partial charge in [0.25, 0.3) is 0 Å². The fraction of sp³-hybridized carbons (Fsp3) is 0.714. The van der Waals surface area contributed by atoms with Gasteiger partial charge in [0, 0.05) is 35.5 Å². The van der Waals surface area contributed by atoms with Gasteiger partial charge in [0.15, 0.2) is 0 Å². The molecule has 0 saturated heterocycles. The maximum absolute atomic E-state index is 5.99.